The molecule has 0 bridgehead atoms. The minimum absolute atomic E-state index is 0.0820. The molecule has 1 atom stereocenters. The van der Waals surface area contributed by atoms with Crippen LogP contribution in [0.15, 0.2) is 18.2 Å². The van der Waals surface area contributed by atoms with Gasteiger partial charge in [0.2, 0.25) is 0 Å². The molecule has 1 unspecified atom stereocenters. The maximum atomic E-state index is 11.8. The van der Waals surface area contributed by atoms with Crippen LogP contribution in [0.4, 0.5) is 0 Å². The monoisotopic (exact) mass is 218 g/mol. The van der Waals surface area contributed by atoms with Crippen LogP contribution in [0.5, 0.6) is 0 Å². The molecule has 0 spiro atoms. The van der Waals surface area contributed by atoms with Crippen LogP contribution in [-0.4, -0.2) is 13.1 Å². The summed E-state index contributed by atoms with van der Waals surface area (Å²) >= 11 is 0. The fraction of sp³-hybridized carbons (Fsp3) is 0.500. The van der Waals surface area contributed by atoms with Crippen LogP contribution in [-0.2, 0) is 22.4 Å². The Morgan fingerprint density at radius 2 is 2.19 bits per heavy atom. The summed E-state index contributed by atoms with van der Waals surface area (Å²) < 4.78 is 4.91. The van der Waals surface area contributed by atoms with Crippen molar-refractivity contribution in [1.82, 2.24) is 0 Å². The Hall–Kier alpha value is -1.31. The molecule has 16 heavy (non-hydrogen) atoms. The Kier molecular flexibility index (Phi) is 2.75. The van der Waals surface area contributed by atoms with E-state index < -0.39 is 0 Å². The molecule has 0 heterocycles. The van der Waals surface area contributed by atoms with E-state index in [-0.39, 0.29) is 11.4 Å². The number of esters is 1. The number of ether oxygens (including phenoxy) is 1. The molecule has 2 rings (SSSR count). The summed E-state index contributed by atoms with van der Waals surface area (Å²) in [6, 6.07) is 6.37. The predicted octanol–water partition coefficient (Wildman–Crippen LogP) is 2.66. The third-order valence-corrected chi connectivity index (χ3v) is 3.70. The normalized spacial score (nSPS) is 23.7. The molecule has 1 aliphatic carbocycles. The number of carbonyl (C=O) groups excluding carboxylic acids is 1. The zero-order valence-corrected chi connectivity index (χ0v) is 10.2. The second-order valence-corrected chi connectivity index (χ2v) is 4.94. The minimum atomic E-state index is -0.339. The van der Waals surface area contributed by atoms with Gasteiger partial charge in [0.1, 0.15) is 0 Å². The molecule has 86 valence electrons. The van der Waals surface area contributed by atoms with Crippen molar-refractivity contribution in [3.8, 4) is 0 Å². The average Bonchev–Trinajstić information content (AvgIpc) is 2.29. The SMILES string of the molecule is COC(=O)C1(C)CCc2cccc(C)c2C1. The van der Waals surface area contributed by atoms with Crippen molar-refractivity contribution in [2.45, 2.75) is 33.1 Å². The van der Waals surface area contributed by atoms with Crippen molar-refractivity contribution in [1.29, 1.82) is 0 Å². The molecule has 0 aliphatic heterocycles. The standard InChI is InChI=1S/C14H18O2/c1-10-5-4-6-11-7-8-14(2,9-12(10)11)13(15)16-3/h4-6H,7-9H2,1-3H3. The molecule has 0 aromatic heterocycles. The van der Waals surface area contributed by atoms with Crippen molar-refractivity contribution in [2.24, 2.45) is 5.41 Å². The molecular formula is C14H18O2. The maximum absolute atomic E-state index is 11.8. The third-order valence-electron chi connectivity index (χ3n) is 3.70. The van der Waals surface area contributed by atoms with Gasteiger partial charge < -0.3 is 4.74 Å². The average molecular weight is 218 g/mol. The molecule has 0 radical (unpaired) electrons. The molecule has 0 saturated carbocycles. The highest BCUT2D eigenvalue weighted by Gasteiger charge is 2.38. The number of benzene rings is 1. The number of hydrogen-bond acceptors (Lipinski definition) is 2. The van der Waals surface area contributed by atoms with Gasteiger partial charge in [-0.2, -0.15) is 0 Å². The molecule has 0 N–H and O–H groups in total. The van der Waals surface area contributed by atoms with E-state index in [4.69, 9.17) is 4.74 Å². The highest BCUT2D eigenvalue weighted by Crippen LogP contribution is 2.37. The summed E-state index contributed by atoms with van der Waals surface area (Å²) in [6.45, 7) is 4.12. The molecule has 1 aromatic carbocycles. The van der Waals surface area contributed by atoms with Crippen LogP contribution >= 0.6 is 0 Å². The second-order valence-electron chi connectivity index (χ2n) is 4.94. The minimum Gasteiger partial charge on any atom is -0.469 e. The molecule has 1 aliphatic rings. The van der Waals surface area contributed by atoms with E-state index in [1.54, 1.807) is 0 Å². The van der Waals surface area contributed by atoms with E-state index in [0.29, 0.717) is 0 Å². The number of fused-ring (bicyclic) bond motifs is 1. The summed E-state index contributed by atoms with van der Waals surface area (Å²) in [5.74, 6) is -0.0820. The third kappa shape index (κ3) is 1.73. The topological polar surface area (TPSA) is 26.3 Å². The molecule has 2 heteroatoms. The summed E-state index contributed by atoms with van der Waals surface area (Å²) in [5.41, 5.74) is 3.67. The first-order chi connectivity index (χ1) is 7.57. The van der Waals surface area contributed by atoms with E-state index >= 15 is 0 Å². The smallest absolute Gasteiger partial charge is 0.311 e. The number of methoxy groups -OCH3 is 1. The fourth-order valence-electron chi connectivity index (χ4n) is 2.56. The first kappa shape index (κ1) is 11.2. The van der Waals surface area contributed by atoms with Gasteiger partial charge in [0.15, 0.2) is 0 Å². The number of aryl methyl sites for hydroxylation is 2. The largest absolute Gasteiger partial charge is 0.469 e. The fourth-order valence-corrected chi connectivity index (χ4v) is 2.56. The van der Waals surface area contributed by atoms with Gasteiger partial charge in [-0.25, -0.2) is 0 Å². The molecule has 0 fully saturated rings. The van der Waals surface area contributed by atoms with Crippen LogP contribution in [0.3, 0.4) is 0 Å². The van der Waals surface area contributed by atoms with Crippen molar-refractivity contribution in [2.75, 3.05) is 7.11 Å². The van der Waals surface area contributed by atoms with Gasteiger partial charge in [-0.3, -0.25) is 4.79 Å². The number of carbonyl (C=O) groups is 1. The number of rotatable bonds is 1. The van der Waals surface area contributed by atoms with E-state index in [1.165, 1.54) is 23.8 Å². The zero-order valence-electron chi connectivity index (χ0n) is 10.2. The van der Waals surface area contributed by atoms with E-state index in [9.17, 15) is 4.79 Å². The highest BCUT2D eigenvalue weighted by atomic mass is 16.5. The van der Waals surface area contributed by atoms with Gasteiger partial charge in [0.05, 0.1) is 12.5 Å². The first-order valence-electron chi connectivity index (χ1n) is 5.72. The Morgan fingerprint density at radius 1 is 1.44 bits per heavy atom. The quantitative estimate of drug-likeness (QED) is 0.677. The van der Waals surface area contributed by atoms with Crippen LogP contribution in [0.1, 0.15) is 30.0 Å². The summed E-state index contributed by atoms with van der Waals surface area (Å²) in [5, 5.41) is 0. The lowest BCUT2D eigenvalue weighted by Gasteiger charge is -2.33. The molecule has 2 nitrogen and oxygen atoms in total. The summed E-state index contributed by atoms with van der Waals surface area (Å²) in [6.07, 6.45) is 2.67. The molecular weight excluding hydrogens is 200 g/mol. The van der Waals surface area contributed by atoms with Crippen LogP contribution in [0.25, 0.3) is 0 Å². The lowest BCUT2D eigenvalue weighted by Crippen LogP contribution is -2.35. The van der Waals surface area contributed by atoms with Crippen molar-refractivity contribution in [3.05, 3.63) is 34.9 Å². The summed E-state index contributed by atoms with van der Waals surface area (Å²) in [4.78, 5) is 11.8. The Morgan fingerprint density at radius 3 is 2.88 bits per heavy atom. The van der Waals surface area contributed by atoms with E-state index in [2.05, 4.69) is 25.1 Å². The van der Waals surface area contributed by atoms with E-state index in [1.807, 2.05) is 6.92 Å². The second kappa shape index (κ2) is 3.93. The molecule has 1 aromatic rings. The Bertz CT molecular complexity index is 423. The molecule has 0 saturated heterocycles. The van der Waals surface area contributed by atoms with Crippen molar-refractivity contribution < 1.29 is 9.53 Å². The predicted molar refractivity (Wildman–Crippen MR) is 63.3 cm³/mol. The van der Waals surface area contributed by atoms with Gasteiger partial charge in [-0.05, 0) is 49.8 Å². The lowest BCUT2D eigenvalue weighted by atomic mass is 9.72. The lowest BCUT2D eigenvalue weighted by molar-refractivity contribution is -0.152. The van der Waals surface area contributed by atoms with E-state index in [0.717, 1.165) is 19.3 Å². The first-order valence-corrected chi connectivity index (χ1v) is 5.72. The van der Waals surface area contributed by atoms with Crippen LogP contribution in [0.2, 0.25) is 0 Å². The van der Waals surface area contributed by atoms with Crippen molar-refractivity contribution in [3.63, 3.8) is 0 Å². The van der Waals surface area contributed by atoms with Gasteiger partial charge in [0.25, 0.3) is 0 Å². The van der Waals surface area contributed by atoms with Crippen LogP contribution < -0.4 is 0 Å². The molecule has 0 amide bonds. The maximum Gasteiger partial charge on any atom is 0.311 e. The van der Waals surface area contributed by atoms with Crippen LogP contribution in [0, 0.1) is 12.3 Å². The highest BCUT2D eigenvalue weighted by molar-refractivity contribution is 5.77. The Balaban J connectivity index is 2.36. The zero-order chi connectivity index (χ0) is 11.8. The van der Waals surface area contributed by atoms with Gasteiger partial charge >= 0.3 is 5.97 Å². The van der Waals surface area contributed by atoms with Crippen molar-refractivity contribution >= 4 is 5.97 Å². The van der Waals surface area contributed by atoms with Gasteiger partial charge in [-0.1, -0.05) is 18.2 Å². The van der Waals surface area contributed by atoms with Gasteiger partial charge in [0, 0.05) is 0 Å². The number of hydrogen-bond donors (Lipinski definition) is 0. The van der Waals surface area contributed by atoms with Gasteiger partial charge in [-0.15, -0.1) is 0 Å². The Labute approximate surface area is 96.6 Å². The summed E-state index contributed by atoms with van der Waals surface area (Å²) in [7, 11) is 1.47.